The van der Waals surface area contributed by atoms with Crippen molar-refractivity contribution in [2.45, 2.75) is 18.8 Å². The van der Waals surface area contributed by atoms with Crippen molar-refractivity contribution in [3.8, 4) is 0 Å². The Kier molecular flexibility index (Phi) is 4.83. The molecule has 1 atom stereocenters. The van der Waals surface area contributed by atoms with Gasteiger partial charge in [-0.3, -0.25) is 4.79 Å². The fraction of sp³-hybridized carbons (Fsp3) is 0.208. The second-order valence-corrected chi connectivity index (χ2v) is 6.91. The molecule has 1 aliphatic rings. The van der Waals surface area contributed by atoms with Crippen molar-refractivity contribution >= 4 is 11.5 Å². The van der Waals surface area contributed by atoms with E-state index in [1.165, 1.54) is 12.0 Å². The molecule has 1 unspecified atom stereocenters. The molecule has 2 heteroatoms. The number of hydrogen-bond donors (Lipinski definition) is 0. The minimum atomic E-state index is 0.100. The summed E-state index contributed by atoms with van der Waals surface area (Å²) >= 11 is 0. The highest BCUT2D eigenvalue weighted by Gasteiger charge is 2.24. The molecule has 1 fully saturated rings. The van der Waals surface area contributed by atoms with E-state index in [1.54, 1.807) is 0 Å². The number of carbonyl (C=O) groups excluding carboxylic acids is 1. The van der Waals surface area contributed by atoms with Crippen LogP contribution in [0.15, 0.2) is 84.9 Å². The highest BCUT2D eigenvalue weighted by Crippen LogP contribution is 2.32. The zero-order valence-corrected chi connectivity index (χ0v) is 14.8. The number of para-hydroxylation sites is 1. The Morgan fingerprint density at radius 2 is 1.46 bits per heavy atom. The van der Waals surface area contributed by atoms with Gasteiger partial charge in [0.1, 0.15) is 0 Å². The van der Waals surface area contributed by atoms with Crippen LogP contribution < -0.4 is 4.90 Å². The normalized spacial score (nSPS) is 17.1. The van der Waals surface area contributed by atoms with Crippen molar-refractivity contribution in [3.05, 3.63) is 102 Å². The van der Waals surface area contributed by atoms with E-state index in [4.69, 9.17) is 0 Å². The van der Waals surface area contributed by atoms with Crippen molar-refractivity contribution in [1.82, 2.24) is 0 Å². The summed E-state index contributed by atoms with van der Waals surface area (Å²) in [7, 11) is 0. The van der Waals surface area contributed by atoms with Crippen molar-refractivity contribution in [2.75, 3.05) is 18.0 Å². The van der Waals surface area contributed by atoms with E-state index in [0.717, 1.165) is 36.3 Å². The number of rotatable bonds is 4. The summed E-state index contributed by atoms with van der Waals surface area (Å²) in [6.07, 6.45) is 2.35. The topological polar surface area (TPSA) is 20.3 Å². The first-order chi connectivity index (χ1) is 12.8. The van der Waals surface area contributed by atoms with Crippen LogP contribution in [0, 0.1) is 0 Å². The zero-order chi connectivity index (χ0) is 17.8. The molecule has 3 aromatic rings. The molecule has 1 heterocycles. The predicted molar refractivity (Wildman–Crippen MR) is 107 cm³/mol. The second-order valence-electron chi connectivity index (χ2n) is 6.91. The van der Waals surface area contributed by atoms with Gasteiger partial charge >= 0.3 is 0 Å². The molecule has 0 amide bonds. The zero-order valence-electron chi connectivity index (χ0n) is 14.8. The lowest BCUT2D eigenvalue weighted by Gasteiger charge is -2.35. The molecule has 0 saturated carbocycles. The maximum absolute atomic E-state index is 13.0. The predicted octanol–water partition coefficient (Wildman–Crippen LogP) is 5.30. The molecule has 4 rings (SSSR count). The van der Waals surface area contributed by atoms with Gasteiger partial charge in [-0.15, -0.1) is 0 Å². The molecule has 1 saturated heterocycles. The first-order valence-electron chi connectivity index (χ1n) is 9.31. The molecule has 0 N–H and O–H groups in total. The van der Waals surface area contributed by atoms with Crippen LogP contribution in [0.3, 0.4) is 0 Å². The van der Waals surface area contributed by atoms with Crippen LogP contribution in [-0.4, -0.2) is 18.9 Å². The molecular formula is C24H23NO. The third-order valence-electron chi connectivity index (χ3n) is 5.22. The number of nitrogens with zero attached hydrogens (tertiary/aromatic N) is 1. The first-order valence-corrected chi connectivity index (χ1v) is 9.31. The molecule has 1 aliphatic heterocycles. The Hall–Kier alpha value is -2.87. The van der Waals surface area contributed by atoms with Crippen molar-refractivity contribution < 1.29 is 4.79 Å². The molecular weight excluding hydrogens is 318 g/mol. The molecule has 0 spiro atoms. The van der Waals surface area contributed by atoms with Gasteiger partial charge in [-0.05, 0) is 30.5 Å². The van der Waals surface area contributed by atoms with E-state index in [1.807, 2.05) is 48.5 Å². The summed E-state index contributed by atoms with van der Waals surface area (Å²) in [6.45, 7) is 1.96. The number of carbonyl (C=O) groups is 1. The summed E-state index contributed by atoms with van der Waals surface area (Å²) < 4.78 is 0. The van der Waals surface area contributed by atoms with Crippen LogP contribution >= 0.6 is 0 Å². The summed E-state index contributed by atoms with van der Waals surface area (Å²) in [5, 5.41) is 0. The van der Waals surface area contributed by atoms with E-state index < -0.39 is 0 Å². The summed E-state index contributed by atoms with van der Waals surface area (Å²) in [4.78, 5) is 15.4. The maximum atomic E-state index is 13.0. The van der Waals surface area contributed by atoms with Gasteiger partial charge in [-0.25, -0.2) is 0 Å². The molecule has 0 radical (unpaired) electrons. The molecule has 0 bridgehead atoms. The number of ketones is 1. The fourth-order valence-electron chi connectivity index (χ4n) is 3.88. The minimum absolute atomic E-state index is 0.100. The molecule has 130 valence electrons. The smallest absolute Gasteiger partial charge is 0.195 e. The molecule has 0 aliphatic carbocycles. The lowest BCUT2D eigenvalue weighted by molar-refractivity contribution is 0.103. The number of piperidine rings is 1. The first kappa shape index (κ1) is 16.6. The van der Waals surface area contributed by atoms with Crippen LogP contribution in [0.4, 0.5) is 5.69 Å². The third-order valence-corrected chi connectivity index (χ3v) is 5.22. The van der Waals surface area contributed by atoms with E-state index in [2.05, 4.69) is 41.3 Å². The van der Waals surface area contributed by atoms with E-state index in [-0.39, 0.29) is 5.78 Å². The average molecular weight is 341 g/mol. The van der Waals surface area contributed by atoms with Crippen molar-refractivity contribution in [2.24, 2.45) is 0 Å². The lowest BCUT2D eigenvalue weighted by Crippen LogP contribution is -2.35. The van der Waals surface area contributed by atoms with Gasteiger partial charge in [0.15, 0.2) is 5.78 Å². The summed E-state index contributed by atoms with van der Waals surface area (Å²) in [5.74, 6) is 0.618. The minimum Gasteiger partial charge on any atom is -0.370 e. The number of anilines is 1. The van der Waals surface area contributed by atoms with Gasteiger partial charge in [-0.2, -0.15) is 0 Å². The van der Waals surface area contributed by atoms with Crippen LogP contribution in [-0.2, 0) is 0 Å². The highest BCUT2D eigenvalue weighted by atomic mass is 16.1. The van der Waals surface area contributed by atoms with E-state index in [9.17, 15) is 4.79 Å². The summed E-state index contributed by atoms with van der Waals surface area (Å²) in [5.41, 5.74) is 4.00. The third kappa shape index (κ3) is 3.41. The van der Waals surface area contributed by atoms with E-state index >= 15 is 0 Å². The van der Waals surface area contributed by atoms with Crippen molar-refractivity contribution in [3.63, 3.8) is 0 Å². The quantitative estimate of drug-likeness (QED) is 0.600. The Morgan fingerprint density at radius 1 is 0.808 bits per heavy atom. The maximum Gasteiger partial charge on any atom is 0.195 e. The Morgan fingerprint density at radius 3 is 2.23 bits per heavy atom. The molecule has 3 aromatic carbocycles. The Labute approximate surface area is 155 Å². The Balaban J connectivity index is 1.63. The molecule has 2 nitrogen and oxygen atoms in total. The molecule has 0 aromatic heterocycles. The van der Waals surface area contributed by atoms with Crippen LogP contribution in [0.25, 0.3) is 0 Å². The number of hydrogen-bond acceptors (Lipinski definition) is 2. The van der Waals surface area contributed by atoms with Gasteiger partial charge in [0.25, 0.3) is 0 Å². The van der Waals surface area contributed by atoms with Gasteiger partial charge in [0.2, 0.25) is 0 Å². The van der Waals surface area contributed by atoms with Gasteiger partial charge < -0.3 is 4.90 Å². The highest BCUT2D eigenvalue weighted by molar-refractivity contribution is 6.12. The summed E-state index contributed by atoms with van der Waals surface area (Å²) in [6, 6.07) is 28.3. The fourth-order valence-corrected chi connectivity index (χ4v) is 3.88. The average Bonchev–Trinajstić information content (AvgIpc) is 2.74. The van der Waals surface area contributed by atoms with Gasteiger partial charge in [0, 0.05) is 35.8 Å². The van der Waals surface area contributed by atoms with Crippen LogP contribution in [0.5, 0.6) is 0 Å². The lowest BCUT2D eigenvalue weighted by atomic mass is 9.89. The van der Waals surface area contributed by atoms with Gasteiger partial charge in [-0.1, -0.05) is 72.8 Å². The standard InChI is InChI=1S/C24H23NO/c26-24(20-12-5-2-6-13-20)22-15-7-8-16-23(22)25-17-9-14-21(18-25)19-10-3-1-4-11-19/h1-8,10-13,15-16,21H,9,14,17-18H2. The second kappa shape index (κ2) is 7.57. The van der Waals surface area contributed by atoms with Gasteiger partial charge in [0.05, 0.1) is 0 Å². The monoisotopic (exact) mass is 341 g/mol. The Bertz CT molecular complexity index is 873. The van der Waals surface area contributed by atoms with Crippen molar-refractivity contribution in [1.29, 1.82) is 0 Å². The molecule has 26 heavy (non-hydrogen) atoms. The van der Waals surface area contributed by atoms with E-state index in [0.29, 0.717) is 5.92 Å². The van der Waals surface area contributed by atoms with Crippen LogP contribution in [0.1, 0.15) is 40.2 Å². The van der Waals surface area contributed by atoms with Crippen LogP contribution in [0.2, 0.25) is 0 Å². The largest absolute Gasteiger partial charge is 0.370 e. The number of benzene rings is 3. The SMILES string of the molecule is O=C(c1ccccc1)c1ccccc1N1CCCC(c2ccccc2)C1.